The van der Waals surface area contributed by atoms with E-state index < -0.39 is 12.1 Å². The zero-order chi connectivity index (χ0) is 23.5. The standard InChI is InChI=1S/C21H15BrF3N5O2/c1-11-7-14(22)8-12(2)17(11)32-20-27-10-16(29-19(31)21(23,24)25)18(30-20)28-15-5-3-13(9-26)4-6-15/h3-8,10H,1-2H3,(H,29,31)(H,27,28,30). The Balaban J connectivity index is 1.97. The molecule has 1 amide bonds. The van der Waals surface area contributed by atoms with Crippen molar-refractivity contribution in [1.82, 2.24) is 9.97 Å². The van der Waals surface area contributed by atoms with Crippen LogP contribution in [-0.4, -0.2) is 22.1 Å². The maximum Gasteiger partial charge on any atom is 0.471 e. The van der Waals surface area contributed by atoms with E-state index in [1.165, 1.54) is 12.1 Å². The normalized spacial score (nSPS) is 10.9. The number of rotatable bonds is 5. The molecule has 3 aromatic rings. The quantitative estimate of drug-likeness (QED) is 0.456. The molecule has 32 heavy (non-hydrogen) atoms. The molecule has 1 aromatic heterocycles. The van der Waals surface area contributed by atoms with Crippen LogP contribution in [0.5, 0.6) is 11.8 Å². The molecule has 164 valence electrons. The van der Waals surface area contributed by atoms with E-state index in [1.807, 2.05) is 32.0 Å². The summed E-state index contributed by atoms with van der Waals surface area (Å²) in [5, 5.41) is 13.5. The van der Waals surface area contributed by atoms with Gasteiger partial charge in [-0.2, -0.15) is 23.4 Å². The van der Waals surface area contributed by atoms with Gasteiger partial charge >= 0.3 is 18.1 Å². The molecule has 0 saturated heterocycles. The van der Waals surface area contributed by atoms with Crippen LogP contribution >= 0.6 is 15.9 Å². The van der Waals surface area contributed by atoms with Crippen LogP contribution in [0.25, 0.3) is 0 Å². The van der Waals surface area contributed by atoms with Gasteiger partial charge in [0.15, 0.2) is 5.82 Å². The lowest BCUT2D eigenvalue weighted by atomic mass is 10.1. The number of aromatic nitrogens is 2. The van der Waals surface area contributed by atoms with E-state index in [0.717, 1.165) is 21.8 Å². The van der Waals surface area contributed by atoms with Crippen molar-refractivity contribution in [2.75, 3.05) is 10.6 Å². The van der Waals surface area contributed by atoms with Gasteiger partial charge in [-0.1, -0.05) is 15.9 Å². The average molecular weight is 506 g/mol. The van der Waals surface area contributed by atoms with Crippen LogP contribution in [0.3, 0.4) is 0 Å². The van der Waals surface area contributed by atoms with Crippen LogP contribution in [0.1, 0.15) is 16.7 Å². The van der Waals surface area contributed by atoms with Gasteiger partial charge in [0.05, 0.1) is 17.8 Å². The zero-order valence-corrected chi connectivity index (χ0v) is 18.3. The summed E-state index contributed by atoms with van der Waals surface area (Å²) >= 11 is 3.39. The van der Waals surface area contributed by atoms with E-state index in [1.54, 1.807) is 17.4 Å². The first kappa shape index (κ1) is 23.0. The third-order valence-corrected chi connectivity index (χ3v) is 4.63. The number of alkyl halides is 3. The fourth-order valence-electron chi connectivity index (χ4n) is 2.71. The van der Waals surface area contributed by atoms with Gasteiger partial charge in [-0.3, -0.25) is 4.79 Å². The highest BCUT2D eigenvalue weighted by Gasteiger charge is 2.39. The molecular weight excluding hydrogens is 491 g/mol. The molecule has 0 aliphatic carbocycles. The van der Waals surface area contributed by atoms with Crippen molar-refractivity contribution in [3.8, 4) is 17.8 Å². The topological polar surface area (TPSA) is 99.9 Å². The first-order valence-corrected chi connectivity index (χ1v) is 9.83. The highest BCUT2D eigenvalue weighted by atomic mass is 79.9. The SMILES string of the molecule is Cc1cc(Br)cc(C)c1Oc1ncc(NC(=O)C(F)(F)F)c(Nc2ccc(C#N)cc2)n1. The molecule has 11 heteroatoms. The summed E-state index contributed by atoms with van der Waals surface area (Å²) < 4.78 is 44.8. The summed E-state index contributed by atoms with van der Waals surface area (Å²) in [5.74, 6) is -1.80. The predicted octanol–water partition coefficient (Wildman–Crippen LogP) is 5.76. The lowest BCUT2D eigenvalue weighted by molar-refractivity contribution is -0.167. The Bertz CT molecular complexity index is 1180. The van der Waals surface area contributed by atoms with Crippen LogP contribution in [-0.2, 0) is 4.79 Å². The number of nitrogens with zero attached hydrogens (tertiary/aromatic N) is 3. The summed E-state index contributed by atoms with van der Waals surface area (Å²) in [4.78, 5) is 19.5. The van der Waals surface area contributed by atoms with Gasteiger partial charge in [-0.15, -0.1) is 0 Å². The second kappa shape index (κ2) is 9.23. The highest BCUT2D eigenvalue weighted by Crippen LogP contribution is 2.32. The van der Waals surface area contributed by atoms with Crippen molar-refractivity contribution >= 4 is 39.0 Å². The second-order valence-corrected chi connectivity index (χ2v) is 7.57. The number of benzene rings is 2. The van der Waals surface area contributed by atoms with Crippen molar-refractivity contribution in [3.05, 3.63) is 63.8 Å². The van der Waals surface area contributed by atoms with Crippen molar-refractivity contribution < 1.29 is 22.7 Å². The lowest BCUT2D eigenvalue weighted by Crippen LogP contribution is -2.30. The third kappa shape index (κ3) is 5.53. The van der Waals surface area contributed by atoms with Gasteiger partial charge in [0.1, 0.15) is 11.4 Å². The Hall–Kier alpha value is -3.65. The van der Waals surface area contributed by atoms with Gasteiger partial charge in [0.2, 0.25) is 0 Å². The van der Waals surface area contributed by atoms with Crippen molar-refractivity contribution in [2.24, 2.45) is 0 Å². The van der Waals surface area contributed by atoms with Crippen LogP contribution in [0.15, 0.2) is 47.1 Å². The molecule has 1 heterocycles. The van der Waals surface area contributed by atoms with Gasteiger partial charge in [0, 0.05) is 10.2 Å². The predicted molar refractivity (Wildman–Crippen MR) is 115 cm³/mol. The van der Waals surface area contributed by atoms with Gasteiger partial charge < -0.3 is 15.4 Å². The summed E-state index contributed by atoms with van der Waals surface area (Å²) in [5.41, 5.74) is 2.10. The van der Waals surface area contributed by atoms with E-state index in [9.17, 15) is 18.0 Å². The molecule has 0 atom stereocenters. The van der Waals surface area contributed by atoms with Gasteiger partial charge in [0.25, 0.3) is 0 Å². The third-order valence-electron chi connectivity index (χ3n) is 4.17. The van der Waals surface area contributed by atoms with Crippen molar-refractivity contribution in [3.63, 3.8) is 0 Å². The fourth-order valence-corrected chi connectivity index (χ4v) is 3.40. The van der Waals surface area contributed by atoms with Crippen LogP contribution in [0, 0.1) is 25.2 Å². The number of halogens is 4. The molecule has 0 spiro atoms. The summed E-state index contributed by atoms with van der Waals surface area (Å²) in [7, 11) is 0. The van der Waals surface area contributed by atoms with E-state index in [-0.39, 0.29) is 17.5 Å². The Morgan fingerprint density at radius 3 is 2.34 bits per heavy atom. The molecule has 7 nitrogen and oxygen atoms in total. The highest BCUT2D eigenvalue weighted by molar-refractivity contribution is 9.10. The van der Waals surface area contributed by atoms with E-state index in [4.69, 9.17) is 10.00 Å². The number of ether oxygens (including phenoxy) is 1. The van der Waals surface area contributed by atoms with Gasteiger partial charge in [-0.05, 0) is 61.4 Å². The molecule has 0 radical (unpaired) electrons. The minimum Gasteiger partial charge on any atom is -0.424 e. The van der Waals surface area contributed by atoms with Crippen molar-refractivity contribution in [2.45, 2.75) is 20.0 Å². The molecule has 0 unspecified atom stereocenters. The number of nitriles is 1. The summed E-state index contributed by atoms with van der Waals surface area (Å²) in [6.45, 7) is 3.64. The Morgan fingerprint density at radius 1 is 1.16 bits per heavy atom. The first-order valence-electron chi connectivity index (χ1n) is 9.04. The molecule has 0 fully saturated rings. The van der Waals surface area contributed by atoms with Gasteiger partial charge in [-0.25, -0.2) is 4.98 Å². The molecule has 3 rings (SSSR count). The van der Waals surface area contributed by atoms with Crippen molar-refractivity contribution in [1.29, 1.82) is 5.26 Å². The number of nitrogens with one attached hydrogen (secondary N) is 2. The number of aryl methyl sites for hydroxylation is 2. The number of carbonyl (C=O) groups is 1. The van der Waals surface area contributed by atoms with E-state index >= 15 is 0 Å². The van der Waals surface area contributed by atoms with Crippen LogP contribution in [0.2, 0.25) is 0 Å². The average Bonchev–Trinajstić information content (AvgIpc) is 2.72. The smallest absolute Gasteiger partial charge is 0.424 e. The molecule has 2 N–H and O–H groups in total. The molecule has 0 bridgehead atoms. The largest absolute Gasteiger partial charge is 0.471 e. The van der Waals surface area contributed by atoms with Crippen LogP contribution in [0.4, 0.5) is 30.4 Å². The zero-order valence-electron chi connectivity index (χ0n) is 16.7. The molecule has 0 aliphatic rings. The maximum atomic E-state index is 12.7. The number of carbonyl (C=O) groups excluding carboxylic acids is 1. The summed E-state index contributed by atoms with van der Waals surface area (Å²) in [6.07, 6.45) is -4.08. The molecule has 0 saturated carbocycles. The Labute approximate surface area is 189 Å². The Kier molecular flexibility index (Phi) is 6.64. The monoisotopic (exact) mass is 505 g/mol. The van der Waals surface area contributed by atoms with E-state index in [0.29, 0.717) is 17.0 Å². The lowest BCUT2D eigenvalue weighted by Gasteiger charge is -2.15. The summed E-state index contributed by atoms with van der Waals surface area (Å²) in [6, 6.07) is 11.6. The Morgan fingerprint density at radius 2 is 1.78 bits per heavy atom. The number of hydrogen-bond acceptors (Lipinski definition) is 6. The second-order valence-electron chi connectivity index (χ2n) is 6.65. The van der Waals surface area contributed by atoms with Crippen LogP contribution < -0.4 is 15.4 Å². The minimum absolute atomic E-state index is 0.121. The number of amides is 1. The first-order chi connectivity index (χ1) is 15.1. The molecular formula is C21H15BrF3N5O2. The number of anilines is 3. The van der Waals surface area contributed by atoms with E-state index in [2.05, 4.69) is 31.2 Å². The maximum absolute atomic E-state index is 12.7. The molecule has 2 aromatic carbocycles. The molecule has 0 aliphatic heterocycles. The fraction of sp³-hybridized carbons (Fsp3) is 0.143. The minimum atomic E-state index is -5.09. The number of hydrogen-bond donors (Lipinski definition) is 2.